The molecule has 11 nitrogen and oxygen atoms in total. The third kappa shape index (κ3) is 4.85. The van der Waals surface area contributed by atoms with Gasteiger partial charge in [0.25, 0.3) is 21.8 Å². The fraction of sp³-hybridized carbons (Fsp3) is 0.133. The molecule has 2 aromatic heterocycles. The van der Waals surface area contributed by atoms with Gasteiger partial charge in [-0.25, -0.2) is 8.42 Å². The summed E-state index contributed by atoms with van der Waals surface area (Å²) < 4.78 is 41.3. The maximum atomic E-state index is 12.5. The van der Waals surface area contributed by atoms with Crippen LogP contribution < -0.4 is 20.1 Å². The molecule has 1 amide bonds. The lowest BCUT2D eigenvalue weighted by atomic mass is 10.3. The van der Waals surface area contributed by atoms with Crippen LogP contribution in [-0.2, 0) is 17.1 Å². The zero-order valence-corrected chi connectivity index (χ0v) is 17.6. The first-order valence-corrected chi connectivity index (χ1v) is 10.5. The monoisotopic (exact) mass is 453 g/mol. The minimum Gasteiger partial charge on any atom is -0.478 e. The predicted molar refractivity (Wildman–Crippen MR) is 111 cm³/mol. The first-order valence-electron chi connectivity index (χ1n) is 7.90. The molecule has 152 valence electrons. The van der Waals surface area contributed by atoms with Gasteiger partial charge < -0.3 is 10.1 Å². The Labute approximate surface area is 175 Å². The largest absolute Gasteiger partial charge is 0.478 e. The molecule has 0 spiro atoms. The lowest BCUT2D eigenvalue weighted by molar-refractivity contribution is 0.0968. The first-order chi connectivity index (χ1) is 13.8. The number of thiocarbonyl (C=S) groups is 1. The van der Waals surface area contributed by atoms with Crippen LogP contribution in [0.15, 0.2) is 41.4 Å². The number of aromatic nitrogens is 4. The highest BCUT2D eigenvalue weighted by molar-refractivity contribution is 7.92. The topological polar surface area (TPSA) is 140 Å². The molecule has 3 rings (SSSR count). The highest BCUT2D eigenvalue weighted by atomic mass is 32.2. The van der Waals surface area contributed by atoms with Crippen molar-refractivity contribution in [3.63, 3.8) is 0 Å². The maximum Gasteiger partial charge on any atom is 0.275 e. The SMILES string of the molecule is COc1nsnc1NS(=O)(=O)c1ccc(NC(=S)NC(=O)c2ccnn2C)cc1. The van der Waals surface area contributed by atoms with Gasteiger partial charge in [0, 0.05) is 18.9 Å². The van der Waals surface area contributed by atoms with Gasteiger partial charge in [0.05, 0.1) is 23.7 Å². The van der Waals surface area contributed by atoms with E-state index in [9.17, 15) is 13.2 Å². The van der Waals surface area contributed by atoms with Crippen LogP contribution in [0.5, 0.6) is 5.88 Å². The van der Waals surface area contributed by atoms with E-state index < -0.39 is 15.9 Å². The summed E-state index contributed by atoms with van der Waals surface area (Å²) in [6, 6.07) is 7.32. The molecule has 0 aliphatic rings. The minimum absolute atomic E-state index is 0.00272. The number of nitrogens with one attached hydrogen (secondary N) is 3. The molecular weight excluding hydrogens is 438 g/mol. The smallest absolute Gasteiger partial charge is 0.275 e. The van der Waals surface area contributed by atoms with E-state index >= 15 is 0 Å². The van der Waals surface area contributed by atoms with E-state index in [2.05, 4.69) is 29.2 Å². The van der Waals surface area contributed by atoms with Crippen molar-refractivity contribution in [1.82, 2.24) is 23.8 Å². The van der Waals surface area contributed by atoms with Crippen LogP contribution >= 0.6 is 23.9 Å². The van der Waals surface area contributed by atoms with Crippen molar-refractivity contribution in [2.24, 2.45) is 7.05 Å². The number of amides is 1. The summed E-state index contributed by atoms with van der Waals surface area (Å²) in [5.41, 5.74) is 0.834. The maximum absolute atomic E-state index is 12.5. The normalized spacial score (nSPS) is 11.0. The number of sulfonamides is 1. The number of anilines is 2. The van der Waals surface area contributed by atoms with E-state index in [1.807, 2.05) is 0 Å². The molecule has 29 heavy (non-hydrogen) atoms. The molecule has 0 unspecified atom stereocenters. The van der Waals surface area contributed by atoms with Gasteiger partial charge >= 0.3 is 0 Å². The van der Waals surface area contributed by atoms with E-state index in [1.165, 1.54) is 42.3 Å². The fourth-order valence-electron chi connectivity index (χ4n) is 2.21. The molecule has 0 radical (unpaired) electrons. The van der Waals surface area contributed by atoms with Gasteiger partial charge in [0.2, 0.25) is 5.82 Å². The second-order valence-corrected chi connectivity index (χ2v) is 8.12. The third-order valence-electron chi connectivity index (χ3n) is 3.59. The van der Waals surface area contributed by atoms with Crippen LogP contribution in [0.1, 0.15) is 10.5 Å². The van der Waals surface area contributed by atoms with Crippen LogP contribution in [0.4, 0.5) is 11.5 Å². The van der Waals surface area contributed by atoms with Gasteiger partial charge in [0.15, 0.2) is 5.11 Å². The second kappa shape index (κ2) is 8.50. The van der Waals surface area contributed by atoms with Gasteiger partial charge in [-0.3, -0.25) is 19.5 Å². The van der Waals surface area contributed by atoms with Crippen molar-refractivity contribution in [3.05, 3.63) is 42.2 Å². The molecule has 3 aromatic rings. The van der Waals surface area contributed by atoms with Gasteiger partial charge in [-0.15, -0.1) is 4.37 Å². The van der Waals surface area contributed by atoms with Crippen molar-refractivity contribution >= 4 is 56.5 Å². The summed E-state index contributed by atoms with van der Waals surface area (Å²) in [6.45, 7) is 0. The first kappa shape index (κ1) is 20.6. The van der Waals surface area contributed by atoms with Gasteiger partial charge in [0.1, 0.15) is 5.69 Å². The molecule has 14 heteroatoms. The van der Waals surface area contributed by atoms with Crippen LogP contribution in [0.3, 0.4) is 0 Å². The molecule has 0 bridgehead atoms. The predicted octanol–water partition coefficient (Wildman–Crippen LogP) is 1.21. The number of hydrogen-bond acceptors (Lipinski definition) is 9. The molecule has 0 fully saturated rings. The van der Waals surface area contributed by atoms with E-state index in [-0.39, 0.29) is 21.7 Å². The Kier molecular flexibility index (Phi) is 6.05. The van der Waals surface area contributed by atoms with Crippen LogP contribution in [0.2, 0.25) is 0 Å². The van der Waals surface area contributed by atoms with E-state index in [4.69, 9.17) is 17.0 Å². The average Bonchev–Trinajstić information content (AvgIpc) is 3.30. The van der Waals surface area contributed by atoms with E-state index in [0.29, 0.717) is 11.4 Å². The highest BCUT2D eigenvalue weighted by Gasteiger charge is 2.19. The van der Waals surface area contributed by atoms with Gasteiger partial charge in [-0.05, 0) is 42.5 Å². The molecule has 0 atom stereocenters. The molecule has 0 saturated carbocycles. The minimum atomic E-state index is -3.88. The molecule has 3 N–H and O–H groups in total. The Bertz CT molecular complexity index is 1140. The number of carbonyl (C=O) groups excluding carboxylic acids is 1. The molecule has 0 aliphatic heterocycles. The van der Waals surface area contributed by atoms with Crippen molar-refractivity contribution in [2.75, 3.05) is 17.1 Å². The number of benzene rings is 1. The number of hydrogen-bond donors (Lipinski definition) is 3. The summed E-state index contributed by atoms with van der Waals surface area (Å²) in [6.07, 6.45) is 1.50. The number of nitrogens with zero attached hydrogens (tertiary/aromatic N) is 4. The summed E-state index contributed by atoms with van der Waals surface area (Å²) in [4.78, 5) is 12.1. The lowest BCUT2D eigenvalue weighted by Gasteiger charge is -2.11. The zero-order chi connectivity index (χ0) is 21.0. The third-order valence-corrected chi connectivity index (χ3v) is 5.66. The Morgan fingerprint density at radius 2 is 1.93 bits per heavy atom. The summed E-state index contributed by atoms with van der Waals surface area (Å²) in [7, 11) is -0.880. The standard InChI is InChI=1S/C15H15N7O4S3/c1-22-11(7-8-16-22)13(23)18-15(27)17-9-3-5-10(6-4-9)29(24,25)21-12-14(26-2)20-28-19-12/h3-8H,1-2H3,(H,19,21)(H2,17,18,23,27). The average molecular weight is 454 g/mol. The van der Waals surface area contributed by atoms with Gasteiger partial charge in [-0.1, -0.05) is 0 Å². The molecule has 0 aliphatic carbocycles. The Balaban J connectivity index is 1.64. The summed E-state index contributed by atoms with van der Waals surface area (Å²) in [5.74, 6) is -0.318. The van der Waals surface area contributed by atoms with Crippen molar-refractivity contribution < 1.29 is 17.9 Å². The Morgan fingerprint density at radius 1 is 1.21 bits per heavy atom. The van der Waals surface area contributed by atoms with Crippen molar-refractivity contribution in [1.29, 1.82) is 0 Å². The van der Waals surface area contributed by atoms with Crippen molar-refractivity contribution in [3.8, 4) is 5.88 Å². The lowest BCUT2D eigenvalue weighted by Crippen LogP contribution is -2.35. The molecule has 2 heterocycles. The number of methoxy groups -OCH3 is 1. The van der Waals surface area contributed by atoms with Gasteiger partial charge in [-0.2, -0.15) is 9.47 Å². The summed E-state index contributed by atoms with van der Waals surface area (Å²) >= 11 is 5.93. The summed E-state index contributed by atoms with van der Waals surface area (Å²) in [5, 5.41) is 9.30. The highest BCUT2D eigenvalue weighted by Crippen LogP contribution is 2.24. The zero-order valence-electron chi connectivity index (χ0n) is 15.1. The fourth-order valence-corrected chi connectivity index (χ4v) is 3.96. The van der Waals surface area contributed by atoms with Crippen LogP contribution in [-0.4, -0.2) is 45.1 Å². The number of rotatable bonds is 6. The second-order valence-electron chi connectivity index (χ2n) is 5.50. The quantitative estimate of drug-likeness (QED) is 0.470. The van der Waals surface area contributed by atoms with Crippen molar-refractivity contribution in [2.45, 2.75) is 4.90 Å². The number of aryl methyl sites for hydroxylation is 1. The molecule has 1 aromatic carbocycles. The van der Waals surface area contributed by atoms with Crippen LogP contribution in [0.25, 0.3) is 0 Å². The van der Waals surface area contributed by atoms with E-state index in [1.54, 1.807) is 13.1 Å². The van der Waals surface area contributed by atoms with Crippen LogP contribution in [0, 0.1) is 0 Å². The Hall–Kier alpha value is -3.10. The molecular formula is C15H15N7O4S3. The Morgan fingerprint density at radius 3 is 2.55 bits per heavy atom. The number of carbonyl (C=O) groups is 1. The molecule has 0 saturated heterocycles. The van der Waals surface area contributed by atoms with E-state index in [0.717, 1.165) is 11.7 Å². The number of ether oxygens (including phenoxy) is 1.